The molecule has 0 aliphatic rings. The Labute approximate surface area is 129 Å². The number of rotatable bonds is 1. The van der Waals surface area contributed by atoms with Crippen LogP contribution in [0.15, 0.2) is 18.2 Å². The first-order chi connectivity index (χ1) is 9.22. The van der Waals surface area contributed by atoms with Gasteiger partial charge < -0.3 is 4.74 Å². The third kappa shape index (κ3) is 4.87. The molecule has 2 nitrogen and oxygen atoms in total. The second kappa shape index (κ2) is 5.47. The summed E-state index contributed by atoms with van der Waals surface area (Å²) in [6.45, 7) is 18.6. The average Bonchev–Trinajstić information content (AvgIpc) is 2.23. The van der Waals surface area contributed by atoms with E-state index in [1.54, 1.807) is 0 Å². The molecule has 2 heteroatoms. The first-order valence-electron chi connectivity index (χ1n) is 7.60. The summed E-state index contributed by atoms with van der Waals surface area (Å²) in [7, 11) is 0. The molecule has 0 aromatic heterocycles. The van der Waals surface area contributed by atoms with Gasteiger partial charge in [-0.15, -0.1) is 0 Å². The van der Waals surface area contributed by atoms with E-state index in [2.05, 4.69) is 47.6 Å². The van der Waals surface area contributed by atoms with E-state index in [-0.39, 0.29) is 16.8 Å². The summed E-state index contributed by atoms with van der Waals surface area (Å²) in [5.41, 5.74) is 2.43. The summed E-state index contributed by atoms with van der Waals surface area (Å²) in [6, 6.07) is 6.10. The van der Waals surface area contributed by atoms with Gasteiger partial charge in [-0.1, -0.05) is 53.7 Å². The van der Waals surface area contributed by atoms with Gasteiger partial charge in [-0.25, -0.2) is 4.79 Å². The van der Waals surface area contributed by atoms with E-state index in [1.165, 1.54) is 5.56 Å². The Morgan fingerprint density at radius 1 is 0.857 bits per heavy atom. The first kappa shape index (κ1) is 17.7. The molecule has 0 unspecified atom stereocenters. The van der Waals surface area contributed by atoms with E-state index >= 15 is 0 Å². The number of ether oxygens (including phenoxy) is 1. The van der Waals surface area contributed by atoms with Crippen molar-refractivity contribution in [2.24, 2.45) is 0 Å². The van der Waals surface area contributed by atoms with E-state index < -0.39 is 5.60 Å². The lowest BCUT2D eigenvalue weighted by Crippen LogP contribution is -2.27. The van der Waals surface area contributed by atoms with Gasteiger partial charge >= 0.3 is 5.97 Å². The molecule has 0 aliphatic heterocycles. The predicted molar refractivity (Wildman–Crippen MR) is 89.0 cm³/mol. The predicted octanol–water partition coefficient (Wildman–Crippen LogP) is 5.24. The van der Waals surface area contributed by atoms with Gasteiger partial charge in [0.25, 0.3) is 0 Å². The average molecular weight is 290 g/mol. The molecular formula is C19H30O2. The summed E-state index contributed by atoms with van der Waals surface area (Å²) in [5.74, 6) is -0.243. The fraction of sp³-hybridized carbons (Fsp3) is 0.632. The van der Waals surface area contributed by atoms with Crippen molar-refractivity contribution in [2.75, 3.05) is 0 Å². The zero-order valence-electron chi connectivity index (χ0n) is 15.0. The maximum absolute atomic E-state index is 12.5. The molecule has 0 saturated heterocycles. The van der Waals surface area contributed by atoms with E-state index in [9.17, 15) is 4.79 Å². The highest BCUT2D eigenvalue weighted by Gasteiger charge is 2.27. The van der Waals surface area contributed by atoms with Gasteiger partial charge in [-0.05, 0) is 48.8 Å². The molecule has 0 amide bonds. The molecule has 0 fully saturated rings. The standard InChI is InChI=1S/C19H30O2/c1-17(2,3)13-10-11-14(15(12-13)18(4,5)6)16(20)21-19(7,8)9/h10-12H,1-9H3. The van der Waals surface area contributed by atoms with Gasteiger partial charge in [-0.2, -0.15) is 0 Å². The summed E-state index contributed by atoms with van der Waals surface area (Å²) < 4.78 is 5.55. The van der Waals surface area contributed by atoms with Crippen LogP contribution < -0.4 is 0 Å². The Hall–Kier alpha value is -1.31. The molecule has 1 aromatic rings. The molecule has 0 aliphatic carbocycles. The molecule has 21 heavy (non-hydrogen) atoms. The van der Waals surface area contributed by atoms with Crippen molar-refractivity contribution in [1.29, 1.82) is 0 Å². The molecule has 0 N–H and O–H groups in total. The highest BCUT2D eigenvalue weighted by Crippen LogP contribution is 2.32. The monoisotopic (exact) mass is 290 g/mol. The minimum absolute atomic E-state index is 0.0620. The van der Waals surface area contributed by atoms with Crippen molar-refractivity contribution in [3.63, 3.8) is 0 Å². The second-order valence-corrected chi connectivity index (χ2v) is 8.76. The van der Waals surface area contributed by atoms with E-state index in [0.717, 1.165) is 5.56 Å². The highest BCUT2D eigenvalue weighted by atomic mass is 16.6. The largest absolute Gasteiger partial charge is 0.456 e. The van der Waals surface area contributed by atoms with Crippen LogP contribution in [0.25, 0.3) is 0 Å². The Morgan fingerprint density at radius 2 is 1.38 bits per heavy atom. The van der Waals surface area contributed by atoms with Crippen molar-refractivity contribution in [2.45, 2.75) is 78.7 Å². The number of esters is 1. The van der Waals surface area contributed by atoms with Crippen LogP contribution in [-0.4, -0.2) is 11.6 Å². The zero-order valence-corrected chi connectivity index (χ0v) is 15.0. The normalized spacial score (nSPS) is 13.2. The Bertz CT molecular complexity index is 520. The van der Waals surface area contributed by atoms with Crippen LogP contribution in [0, 0.1) is 0 Å². The fourth-order valence-corrected chi connectivity index (χ4v) is 2.14. The van der Waals surface area contributed by atoms with Crippen molar-refractivity contribution < 1.29 is 9.53 Å². The molecule has 0 saturated carbocycles. The molecule has 118 valence electrons. The molecule has 0 heterocycles. The molecular weight excluding hydrogens is 260 g/mol. The SMILES string of the molecule is CC(C)(C)OC(=O)c1ccc(C(C)(C)C)cc1C(C)(C)C. The smallest absolute Gasteiger partial charge is 0.338 e. The van der Waals surface area contributed by atoms with Crippen molar-refractivity contribution in [3.8, 4) is 0 Å². The van der Waals surface area contributed by atoms with Crippen LogP contribution in [0.5, 0.6) is 0 Å². The Balaban J connectivity index is 3.37. The van der Waals surface area contributed by atoms with Crippen molar-refractivity contribution >= 4 is 5.97 Å². The van der Waals surface area contributed by atoms with Gasteiger partial charge in [0.2, 0.25) is 0 Å². The quantitative estimate of drug-likeness (QED) is 0.661. The number of carbonyl (C=O) groups is 1. The van der Waals surface area contributed by atoms with Crippen LogP contribution in [0.1, 0.15) is 83.8 Å². The summed E-state index contributed by atoms with van der Waals surface area (Å²) in [4.78, 5) is 12.5. The minimum atomic E-state index is -0.477. The van der Waals surface area contributed by atoms with Gasteiger partial charge in [-0.3, -0.25) is 0 Å². The fourth-order valence-electron chi connectivity index (χ4n) is 2.14. The number of hydrogen-bond acceptors (Lipinski definition) is 2. The summed E-state index contributed by atoms with van der Waals surface area (Å²) in [6.07, 6.45) is 0. The van der Waals surface area contributed by atoms with Gasteiger partial charge in [0.05, 0.1) is 5.56 Å². The van der Waals surface area contributed by atoms with Gasteiger partial charge in [0.1, 0.15) is 5.60 Å². The zero-order chi connectivity index (χ0) is 16.6. The Kier molecular flexibility index (Phi) is 4.62. The highest BCUT2D eigenvalue weighted by molar-refractivity contribution is 5.92. The number of benzene rings is 1. The molecule has 0 radical (unpaired) electrons. The third-order valence-corrected chi connectivity index (χ3v) is 3.31. The van der Waals surface area contributed by atoms with Crippen LogP contribution in [0.3, 0.4) is 0 Å². The molecule has 0 bridgehead atoms. The minimum Gasteiger partial charge on any atom is -0.456 e. The maximum atomic E-state index is 12.5. The lowest BCUT2D eigenvalue weighted by molar-refractivity contribution is 0.00669. The van der Waals surface area contributed by atoms with Crippen molar-refractivity contribution in [1.82, 2.24) is 0 Å². The van der Waals surface area contributed by atoms with Crippen LogP contribution in [0.2, 0.25) is 0 Å². The molecule has 0 spiro atoms. The van der Waals surface area contributed by atoms with Crippen LogP contribution >= 0.6 is 0 Å². The number of carbonyl (C=O) groups excluding carboxylic acids is 1. The van der Waals surface area contributed by atoms with Crippen LogP contribution in [0.4, 0.5) is 0 Å². The topological polar surface area (TPSA) is 26.3 Å². The lowest BCUT2D eigenvalue weighted by atomic mass is 9.78. The van der Waals surface area contributed by atoms with Gasteiger partial charge in [0.15, 0.2) is 0 Å². The maximum Gasteiger partial charge on any atom is 0.338 e. The van der Waals surface area contributed by atoms with Gasteiger partial charge in [0, 0.05) is 0 Å². The molecule has 1 aromatic carbocycles. The summed E-state index contributed by atoms with van der Waals surface area (Å²) >= 11 is 0. The van der Waals surface area contributed by atoms with E-state index in [0.29, 0.717) is 5.56 Å². The molecule has 0 atom stereocenters. The van der Waals surface area contributed by atoms with Crippen molar-refractivity contribution in [3.05, 3.63) is 34.9 Å². The van der Waals surface area contributed by atoms with Crippen LogP contribution in [-0.2, 0) is 15.6 Å². The number of hydrogen-bond donors (Lipinski definition) is 0. The summed E-state index contributed by atoms with van der Waals surface area (Å²) in [5, 5.41) is 0. The first-order valence-corrected chi connectivity index (χ1v) is 7.60. The van der Waals surface area contributed by atoms with E-state index in [1.807, 2.05) is 32.9 Å². The third-order valence-electron chi connectivity index (χ3n) is 3.31. The Morgan fingerprint density at radius 3 is 1.76 bits per heavy atom. The lowest BCUT2D eigenvalue weighted by Gasteiger charge is -2.28. The molecule has 1 rings (SSSR count). The second-order valence-electron chi connectivity index (χ2n) is 8.76. The van der Waals surface area contributed by atoms with E-state index in [4.69, 9.17) is 4.74 Å².